The third-order valence-corrected chi connectivity index (χ3v) is 6.43. The average molecular weight is 625 g/mol. The van der Waals surface area contributed by atoms with Crippen LogP contribution in [0.2, 0.25) is 0 Å². The van der Waals surface area contributed by atoms with Gasteiger partial charge in [-0.3, -0.25) is 0 Å². The first-order valence-corrected chi connectivity index (χ1v) is 13.9. The quantitative estimate of drug-likeness (QED) is 0.0770. The molecule has 3 fully saturated rings. The van der Waals surface area contributed by atoms with Crippen LogP contribution < -0.4 is 42.7 Å². The minimum atomic E-state index is -0.860. The molecule has 0 amide bonds. The Labute approximate surface area is 263 Å². The Hall–Kier alpha value is -3.83. The van der Waals surface area contributed by atoms with E-state index in [4.69, 9.17) is 12.7 Å². The van der Waals surface area contributed by atoms with Gasteiger partial charge in [0.1, 0.15) is 12.7 Å². The average Bonchev–Trinajstić information content (AvgIpc) is 3.93. The van der Waals surface area contributed by atoms with Gasteiger partial charge >= 0.3 is 15.9 Å². The highest BCUT2D eigenvalue weighted by molar-refractivity contribution is 6.18. The highest BCUT2D eigenvalue weighted by Crippen LogP contribution is 2.26. The fraction of sp³-hybridized carbons (Fsp3) is 0.143. The Balaban J connectivity index is 0.000000202. The Morgan fingerprint density at radius 1 is 0.795 bits per heavy atom. The fourth-order valence-corrected chi connectivity index (χ4v) is 3.87. The van der Waals surface area contributed by atoms with Gasteiger partial charge in [-0.15, -0.1) is 10.5 Å². The summed E-state index contributed by atoms with van der Waals surface area (Å²) in [4.78, 5) is 20.5. The van der Waals surface area contributed by atoms with Gasteiger partial charge in [0.15, 0.2) is 11.4 Å². The van der Waals surface area contributed by atoms with Crippen molar-refractivity contribution in [2.45, 2.75) is 7.43 Å². The summed E-state index contributed by atoms with van der Waals surface area (Å²) in [5.74, 6) is 0. The lowest BCUT2D eigenvalue weighted by molar-refractivity contribution is 0.198. The number of hydrogen-bond acceptors (Lipinski definition) is 13. The van der Waals surface area contributed by atoms with E-state index in [0.717, 1.165) is 17.1 Å². The van der Waals surface area contributed by atoms with Crippen LogP contribution >= 0.6 is 0 Å². The molecule has 15 nitrogen and oxygen atoms in total. The smallest absolute Gasteiger partial charge is 0.569 e. The molecule has 7 rings (SSSR count). The van der Waals surface area contributed by atoms with Gasteiger partial charge in [-0.2, -0.15) is 5.17 Å². The molecule has 0 radical (unpaired) electrons. The predicted octanol–water partition coefficient (Wildman–Crippen LogP) is 4.93. The monoisotopic (exact) mass is 624 g/mol. The normalized spacial score (nSPS) is 20.1. The summed E-state index contributed by atoms with van der Waals surface area (Å²) in [5, 5.41) is 15.4. The molecule has 44 heavy (non-hydrogen) atoms. The number of nitroso groups, excluding NO2 is 1. The van der Waals surface area contributed by atoms with Crippen molar-refractivity contribution in [1.82, 2.24) is 32.6 Å². The molecule has 4 aromatic carbocycles. The number of quaternary nitrogens is 2. The first kappa shape index (κ1) is 36.4. The summed E-state index contributed by atoms with van der Waals surface area (Å²) in [5.41, 5.74) is 11.8. The highest BCUT2D eigenvalue weighted by Gasteiger charge is 2.44. The minimum Gasteiger partial charge on any atom is -0.569 e. The van der Waals surface area contributed by atoms with Gasteiger partial charge in [0.2, 0.25) is 0 Å². The van der Waals surface area contributed by atoms with Gasteiger partial charge in [-0.1, -0.05) is 62.0 Å². The third kappa shape index (κ3) is 11.0. The van der Waals surface area contributed by atoms with Crippen LogP contribution in [0, 0.1) is 10.1 Å². The van der Waals surface area contributed by atoms with Gasteiger partial charge in [-0.25, -0.2) is 0 Å². The lowest BCUT2D eigenvalue weighted by Crippen LogP contribution is -2.28. The second kappa shape index (κ2) is 17.5. The summed E-state index contributed by atoms with van der Waals surface area (Å²) in [7, 11) is 5.84. The maximum atomic E-state index is 11.0. The zero-order chi connectivity index (χ0) is 29.8. The van der Waals surface area contributed by atoms with Crippen LogP contribution in [-0.2, 0) is 17.7 Å². The van der Waals surface area contributed by atoms with Crippen LogP contribution in [0.4, 0.5) is 28.4 Å². The molecule has 3 heterocycles. The Morgan fingerprint density at radius 3 is 1.70 bits per heavy atom. The number of anilines is 2. The second-order valence-corrected chi connectivity index (χ2v) is 9.91. The summed E-state index contributed by atoms with van der Waals surface area (Å²) < 4.78 is 10.5. The molecule has 0 bridgehead atoms. The van der Waals surface area contributed by atoms with E-state index in [-0.39, 0.29) is 13.6 Å². The van der Waals surface area contributed by atoms with E-state index in [1.165, 1.54) is 5.17 Å². The molecule has 6 N–H and O–H groups in total. The van der Waals surface area contributed by atoms with Gasteiger partial charge < -0.3 is 24.0 Å². The molecule has 4 aromatic rings. The topological polar surface area (TPSA) is 193 Å². The maximum absolute atomic E-state index is 11.0. The first-order chi connectivity index (χ1) is 20.3. The van der Waals surface area contributed by atoms with Gasteiger partial charge in [0, 0.05) is 44.0 Å². The predicted molar refractivity (Wildman–Crippen MR) is 174 cm³/mol. The second-order valence-electron chi connectivity index (χ2n) is 9.13. The number of hydroxylamine groups is 1. The zero-order valence-corrected chi connectivity index (χ0v) is 25.5. The Bertz CT molecular complexity index is 1310. The van der Waals surface area contributed by atoms with Crippen molar-refractivity contribution >= 4 is 44.3 Å². The molecule has 3 saturated heterocycles. The van der Waals surface area contributed by atoms with Crippen molar-refractivity contribution in [3.05, 3.63) is 125 Å². The molecular formula is C28H39AlN9O6+. The van der Waals surface area contributed by atoms with Crippen molar-refractivity contribution in [2.75, 3.05) is 31.2 Å². The van der Waals surface area contributed by atoms with Gasteiger partial charge in [0.05, 0.1) is 16.9 Å². The number of hydrazine groups is 1. The van der Waals surface area contributed by atoms with Crippen LogP contribution in [0.25, 0.3) is 0 Å². The van der Waals surface area contributed by atoms with Gasteiger partial charge in [0.25, 0.3) is 0 Å². The first-order valence-electron chi connectivity index (χ1n) is 12.8. The fourth-order valence-electron chi connectivity index (χ4n) is 3.34. The number of para-hydroxylation sites is 3. The molecule has 2 atom stereocenters. The van der Waals surface area contributed by atoms with Crippen LogP contribution in [0.3, 0.4) is 0 Å². The zero-order valence-electron chi connectivity index (χ0n) is 24.1. The number of nitrogens with zero attached hydrogens (tertiary/aromatic N) is 5. The van der Waals surface area contributed by atoms with E-state index in [9.17, 15) is 10.1 Å². The van der Waals surface area contributed by atoms with E-state index >= 15 is 0 Å². The van der Waals surface area contributed by atoms with Crippen molar-refractivity contribution in [2.24, 2.45) is 5.18 Å². The SMILES string of the molecule is C.CN(C)c1ccc(N=O)cc1.C[N@@+]1(c2ccccc2)NO1.N.[O-][N@@+]1(c2ccccc2)NO1.c1ccc(N2N[O][AlH][O]2)cc1. The number of hydrogen-bond donors (Lipinski definition) is 4. The van der Waals surface area contributed by atoms with E-state index in [1.807, 2.05) is 105 Å². The van der Waals surface area contributed by atoms with Crippen molar-refractivity contribution < 1.29 is 17.7 Å². The summed E-state index contributed by atoms with van der Waals surface area (Å²) in [6, 6.07) is 35.7. The van der Waals surface area contributed by atoms with E-state index in [2.05, 4.69) is 26.9 Å². The Kier molecular flexibility index (Phi) is 14.4. The Morgan fingerprint density at radius 2 is 1.30 bits per heavy atom. The standard InChI is InChI=1S/C8H10N2O.C7H9N2O.2C6H6N2O2.CH4.Al.H3N.H/c1-10(2)8-5-3-7(9-11)4-6-8;1-9(8-10-9)7-5-3-2-4-6-7;9-8(7-10-8)6-4-2-1-3-5-6;9-7-8(10)6-4-2-1-3-5-6;;;;/h3-6H,1-2H3;2-6,8H,1H3;2*1-5,7H;1H4;;1H3;/q;+1;;-2;;+2;;/t;9-;8-;;;;;/m.11...../s1. The van der Waals surface area contributed by atoms with Crippen LogP contribution in [0.1, 0.15) is 7.43 Å². The van der Waals surface area contributed by atoms with Crippen molar-refractivity contribution in [1.29, 1.82) is 0 Å². The summed E-state index contributed by atoms with van der Waals surface area (Å²) >= 11 is -0.833. The lowest BCUT2D eigenvalue weighted by Gasteiger charge is -2.15. The molecule has 234 valence electrons. The molecule has 0 saturated carbocycles. The summed E-state index contributed by atoms with van der Waals surface area (Å²) in [6.45, 7) is 0. The van der Waals surface area contributed by atoms with Crippen molar-refractivity contribution in [3.63, 3.8) is 0 Å². The highest BCUT2D eigenvalue weighted by atomic mass is 27.2. The van der Waals surface area contributed by atoms with E-state index < -0.39 is 20.8 Å². The van der Waals surface area contributed by atoms with Crippen molar-refractivity contribution in [3.8, 4) is 0 Å². The van der Waals surface area contributed by atoms with Crippen LogP contribution in [0.15, 0.2) is 120 Å². The molecule has 3 aliphatic rings. The number of benzene rings is 4. The van der Waals surface area contributed by atoms with Gasteiger partial charge in [-0.05, 0) is 61.1 Å². The molecule has 0 unspecified atom stereocenters. The van der Waals surface area contributed by atoms with Crippen LogP contribution in [-0.4, -0.2) is 37.0 Å². The molecule has 0 aromatic heterocycles. The van der Waals surface area contributed by atoms with E-state index in [0.29, 0.717) is 16.1 Å². The minimum absolute atomic E-state index is 0. The molecule has 0 spiro atoms. The van der Waals surface area contributed by atoms with Crippen LogP contribution in [0.5, 0.6) is 0 Å². The maximum Gasteiger partial charge on any atom is 0.693 e. The third-order valence-electron chi connectivity index (χ3n) is 5.82. The van der Waals surface area contributed by atoms with E-state index in [1.54, 1.807) is 36.4 Å². The largest absolute Gasteiger partial charge is 0.693 e. The number of nitrogens with one attached hydrogen (secondary N) is 3. The molecule has 16 heteroatoms. The lowest BCUT2D eigenvalue weighted by atomic mass is 10.3. The molecule has 0 aliphatic carbocycles. The number of rotatable bonds is 5. The molecular weight excluding hydrogens is 585 g/mol. The molecule has 3 aliphatic heterocycles. The summed E-state index contributed by atoms with van der Waals surface area (Å²) in [6.07, 6.45) is 0.